The summed E-state index contributed by atoms with van der Waals surface area (Å²) in [5, 5.41) is 6.77. The molecule has 0 aliphatic rings. The number of hydrogen-bond acceptors (Lipinski definition) is 3. The van der Waals surface area contributed by atoms with E-state index in [1.54, 1.807) is 12.4 Å². The Hall–Kier alpha value is -3.42. The highest BCUT2D eigenvalue weighted by Crippen LogP contribution is 2.21. The number of nitrogens with zero attached hydrogens (tertiary/aromatic N) is 3. The van der Waals surface area contributed by atoms with E-state index in [0.717, 1.165) is 0 Å². The first kappa shape index (κ1) is 15.1. The number of nitrogens with one attached hydrogen (secondary N) is 2. The first-order chi connectivity index (χ1) is 12.1. The van der Waals surface area contributed by atoms with Crippen molar-refractivity contribution in [2.24, 2.45) is 0 Å². The molecule has 4 aromatic rings. The van der Waals surface area contributed by atoms with Gasteiger partial charge in [-0.15, -0.1) is 0 Å². The van der Waals surface area contributed by atoms with Gasteiger partial charge in [0.15, 0.2) is 0 Å². The van der Waals surface area contributed by atoms with Crippen LogP contribution < -0.4 is 10.9 Å². The minimum atomic E-state index is -0.379. The number of carbonyl (C=O) groups is 1. The zero-order chi connectivity index (χ0) is 17.6. The Kier molecular flexibility index (Phi) is 3.38. The van der Waals surface area contributed by atoms with Crippen molar-refractivity contribution in [1.82, 2.24) is 24.6 Å². The molecule has 0 unspecified atom stereocenters. The van der Waals surface area contributed by atoms with Crippen molar-refractivity contribution in [2.45, 2.75) is 6.92 Å². The summed E-state index contributed by atoms with van der Waals surface area (Å²) < 4.78 is 15.8. The van der Waals surface area contributed by atoms with Crippen LogP contribution in [0.5, 0.6) is 0 Å². The van der Waals surface area contributed by atoms with E-state index in [0.29, 0.717) is 34.0 Å². The number of carbonyl (C=O) groups excluding carboxylic acids is 1. The van der Waals surface area contributed by atoms with Gasteiger partial charge in [-0.1, -0.05) is 0 Å². The van der Waals surface area contributed by atoms with Gasteiger partial charge in [-0.25, -0.2) is 13.9 Å². The number of benzene rings is 1. The molecule has 3 aromatic heterocycles. The average Bonchev–Trinajstić information content (AvgIpc) is 3.17. The second-order valence-electron chi connectivity index (χ2n) is 5.58. The van der Waals surface area contributed by atoms with Crippen LogP contribution in [0.15, 0.2) is 47.7 Å². The Morgan fingerprint density at radius 2 is 2.00 bits per heavy atom. The van der Waals surface area contributed by atoms with E-state index in [1.165, 1.54) is 39.7 Å². The molecular weight excluding hydrogens is 325 g/mol. The summed E-state index contributed by atoms with van der Waals surface area (Å²) in [6, 6.07) is 5.32. The number of hydrogen-bond donors (Lipinski definition) is 2. The van der Waals surface area contributed by atoms with Gasteiger partial charge in [0, 0.05) is 30.5 Å². The SMILES string of the molecule is CCNC(=O)n1cc2ncc3c(=O)n(-c4ccc(F)cc4)[nH]c3c2c1. The third-order valence-corrected chi connectivity index (χ3v) is 3.98. The van der Waals surface area contributed by atoms with Crippen LogP contribution in [-0.2, 0) is 0 Å². The Labute approximate surface area is 140 Å². The lowest BCUT2D eigenvalue weighted by Gasteiger charge is -2.00. The smallest absolute Gasteiger partial charge is 0.325 e. The highest BCUT2D eigenvalue weighted by Gasteiger charge is 2.15. The molecule has 0 aliphatic carbocycles. The van der Waals surface area contributed by atoms with Gasteiger partial charge in [-0.3, -0.25) is 19.4 Å². The molecule has 4 rings (SSSR count). The molecule has 0 aliphatic heterocycles. The van der Waals surface area contributed by atoms with Gasteiger partial charge in [-0.2, -0.15) is 0 Å². The fourth-order valence-corrected chi connectivity index (χ4v) is 2.78. The molecule has 25 heavy (non-hydrogen) atoms. The number of pyridine rings is 1. The van der Waals surface area contributed by atoms with Crippen LogP contribution in [0.3, 0.4) is 0 Å². The Bertz CT molecular complexity index is 1150. The Morgan fingerprint density at radius 1 is 1.24 bits per heavy atom. The molecule has 1 amide bonds. The van der Waals surface area contributed by atoms with E-state index in [-0.39, 0.29) is 17.4 Å². The zero-order valence-electron chi connectivity index (χ0n) is 13.3. The average molecular weight is 339 g/mol. The second-order valence-corrected chi connectivity index (χ2v) is 5.58. The summed E-state index contributed by atoms with van der Waals surface area (Å²) in [4.78, 5) is 28.9. The normalized spacial score (nSPS) is 11.3. The van der Waals surface area contributed by atoms with E-state index in [2.05, 4.69) is 15.4 Å². The molecule has 0 atom stereocenters. The maximum Gasteiger partial charge on any atom is 0.325 e. The zero-order valence-corrected chi connectivity index (χ0v) is 13.3. The Morgan fingerprint density at radius 3 is 2.72 bits per heavy atom. The van der Waals surface area contributed by atoms with Crippen molar-refractivity contribution in [3.63, 3.8) is 0 Å². The summed E-state index contributed by atoms with van der Waals surface area (Å²) in [5.41, 5.74) is 1.38. The quantitative estimate of drug-likeness (QED) is 0.588. The number of aromatic nitrogens is 4. The second kappa shape index (κ2) is 5.59. The molecule has 0 radical (unpaired) electrons. The van der Waals surface area contributed by atoms with Gasteiger partial charge >= 0.3 is 6.03 Å². The standard InChI is InChI=1S/C17H14FN5O2/c1-2-19-17(25)22-8-13-14(9-22)20-7-12-15(13)21-23(16(12)24)11-5-3-10(18)4-6-11/h3-9,21H,2H2,1H3,(H,19,25). The van der Waals surface area contributed by atoms with Crippen molar-refractivity contribution in [2.75, 3.05) is 6.54 Å². The molecule has 2 N–H and O–H groups in total. The van der Waals surface area contributed by atoms with Crippen molar-refractivity contribution >= 4 is 27.8 Å². The van der Waals surface area contributed by atoms with E-state index in [9.17, 15) is 14.0 Å². The minimum absolute atomic E-state index is 0.269. The van der Waals surface area contributed by atoms with Gasteiger partial charge in [0.2, 0.25) is 0 Å². The summed E-state index contributed by atoms with van der Waals surface area (Å²) in [6.45, 7) is 2.34. The maximum absolute atomic E-state index is 13.1. The largest absolute Gasteiger partial charge is 0.338 e. The van der Waals surface area contributed by atoms with Crippen molar-refractivity contribution in [3.05, 3.63) is 59.0 Å². The Balaban J connectivity index is 1.93. The van der Waals surface area contributed by atoms with Crippen molar-refractivity contribution in [3.8, 4) is 5.69 Å². The predicted molar refractivity (Wildman–Crippen MR) is 91.6 cm³/mol. The third kappa shape index (κ3) is 2.38. The number of H-pyrrole nitrogens is 1. The first-order valence-corrected chi connectivity index (χ1v) is 7.74. The lowest BCUT2D eigenvalue weighted by atomic mass is 10.2. The van der Waals surface area contributed by atoms with Gasteiger partial charge in [-0.05, 0) is 31.2 Å². The minimum Gasteiger partial charge on any atom is -0.338 e. The molecule has 0 saturated heterocycles. The van der Waals surface area contributed by atoms with Gasteiger partial charge in [0.05, 0.1) is 22.1 Å². The van der Waals surface area contributed by atoms with Crippen molar-refractivity contribution < 1.29 is 9.18 Å². The number of halogens is 1. The van der Waals surface area contributed by atoms with Crippen LogP contribution in [-0.4, -0.2) is 31.9 Å². The molecular formula is C17H14FN5O2. The summed E-state index contributed by atoms with van der Waals surface area (Å²) >= 11 is 0. The van der Waals surface area contributed by atoms with Gasteiger partial charge in [0.1, 0.15) is 5.82 Å². The molecule has 3 heterocycles. The van der Waals surface area contributed by atoms with Crippen LogP contribution in [0.4, 0.5) is 9.18 Å². The van der Waals surface area contributed by atoms with Crippen molar-refractivity contribution in [1.29, 1.82) is 0 Å². The molecule has 0 saturated carbocycles. The highest BCUT2D eigenvalue weighted by atomic mass is 19.1. The van der Waals surface area contributed by atoms with E-state index < -0.39 is 0 Å². The van der Waals surface area contributed by atoms with Crippen LogP contribution in [0.1, 0.15) is 6.92 Å². The van der Waals surface area contributed by atoms with Crippen LogP contribution in [0.2, 0.25) is 0 Å². The summed E-state index contributed by atoms with van der Waals surface area (Å²) in [5.74, 6) is -0.379. The third-order valence-electron chi connectivity index (χ3n) is 3.98. The highest BCUT2D eigenvalue weighted by molar-refractivity contribution is 6.04. The summed E-state index contributed by atoms with van der Waals surface area (Å²) in [7, 11) is 0. The number of amides is 1. The summed E-state index contributed by atoms with van der Waals surface area (Å²) in [6.07, 6.45) is 4.70. The topological polar surface area (TPSA) is 84.7 Å². The predicted octanol–water partition coefficient (Wildman–Crippen LogP) is 2.39. The van der Waals surface area contributed by atoms with Crippen LogP contribution in [0.25, 0.3) is 27.5 Å². The molecule has 8 heteroatoms. The molecule has 126 valence electrons. The lowest BCUT2D eigenvalue weighted by Crippen LogP contribution is -2.26. The molecule has 0 spiro atoms. The van der Waals surface area contributed by atoms with E-state index >= 15 is 0 Å². The van der Waals surface area contributed by atoms with Gasteiger partial charge in [0.25, 0.3) is 5.56 Å². The fourth-order valence-electron chi connectivity index (χ4n) is 2.78. The van der Waals surface area contributed by atoms with Gasteiger partial charge < -0.3 is 5.32 Å². The molecule has 1 aromatic carbocycles. The molecule has 7 nitrogen and oxygen atoms in total. The van der Waals surface area contributed by atoms with E-state index in [1.807, 2.05) is 6.92 Å². The monoisotopic (exact) mass is 339 g/mol. The van der Waals surface area contributed by atoms with Crippen LogP contribution >= 0.6 is 0 Å². The molecule has 0 bridgehead atoms. The lowest BCUT2D eigenvalue weighted by molar-refractivity contribution is 0.243. The number of rotatable bonds is 2. The maximum atomic E-state index is 13.1. The van der Waals surface area contributed by atoms with Crippen LogP contribution in [0, 0.1) is 5.82 Å². The fraction of sp³-hybridized carbons (Fsp3) is 0.118. The van der Waals surface area contributed by atoms with E-state index in [4.69, 9.17) is 0 Å². The number of aromatic amines is 1. The molecule has 0 fully saturated rings. The first-order valence-electron chi connectivity index (χ1n) is 7.74. The number of fused-ring (bicyclic) bond motifs is 3.